The lowest BCUT2D eigenvalue weighted by Gasteiger charge is -2.19. The van der Waals surface area contributed by atoms with Crippen LogP contribution in [0.4, 0.5) is 0 Å². The lowest BCUT2D eigenvalue weighted by atomic mass is 10.4. The van der Waals surface area contributed by atoms with Crippen molar-refractivity contribution in [3.8, 4) is 0 Å². The SMILES string of the molecule is C=CCSC(CSCC(CSc1ccccc1)SCC=C)CSc1ccccc1. The molecule has 0 aliphatic carbocycles. The number of thioether (sulfide) groups is 5. The second-order valence-electron chi connectivity index (χ2n) is 6.27. The quantitative estimate of drug-likeness (QED) is 0.177. The van der Waals surface area contributed by atoms with E-state index in [9.17, 15) is 0 Å². The Balaban J connectivity index is 1.78. The molecule has 0 nitrogen and oxygen atoms in total. The van der Waals surface area contributed by atoms with Gasteiger partial charge >= 0.3 is 0 Å². The fourth-order valence-electron chi connectivity index (χ4n) is 2.44. The van der Waals surface area contributed by atoms with Crippen LogP contribution >= 0.6 is 58.8 Å². The molecule has 2 atom stereocenters. The van der Waals surface area contributed by atoms with E-state index in [1.807, 2.05) is 59.2 Å². The fourth-order valence-corrected chi connectivity index (χ4v) is 8.67. The number of rotatable bonds is 16. The van der Waals surface area contributed by atoms with E-state index in [2.05, 4.69) is 85.6 Å². The summed E-state index contributed by atoms with van der Waals surface area (Å²) in [5, 5.41) is 1.30. The second-order valence-corrected chi connectivity index (χ2v) is 12.2. The maximum atomic E-state index is 3.90. The normalized spacial score (nSPS) is 13.0. The molecule has 0 N–H and O–H groups in total. The largest absolute Gasteiger partial charge is 0.160 e. The summed E-state index contributed by atoms with van der Waals surface area (Å²) in [5.41, 5.74) is 0. The van der Waals surface area contributed by atoms with Gasteiger partial charge in [0.2, 0.25) is 0 Å². The maximum Gasteiger partial charge on any atom is 0.0235 e. The summed E-state index contributed by atoms with van der Waals surface area (Å²) >= 11 is 10.1. The topological polar surface area (TPSA) is 0 Å². The minimum atomic E-state index is 0.648. The van der Waals surface area contributed by atoms with Crippen molar-refractivity contribution in [3.05, 3.63) is 86.0 Å². The molecule has 0 aliphatic heterocycles. The van der Waals surface area contributed by atoms with Crippen molar-refractivity contribution in [1.29, 1.82) is 0 Å². The first-order valence-electron chi connectivity index (χ1n) is 9.70. The van der Waals surface area contributed by atoms with Gasteiger partial charge in [-0.2, -0.15) is 35.3 Å². The maximum absolute atomic E-state index is 3.90. The Bertz CT molecular complexity index is 615. The molecular formula is C24H30S5. The minimum absolute atomic E-state index is 0.648. The monoisotopic (exact) mass is 478 g/mol. The van der Waals surface area contributed by atoms with Crippen LogP contribution in [-0.2, 0) is 0 Å². The summed E-state index contributed by atoms with van der Waals surface area (Å²) in [7, 11) is 0. The van der Waals surface area contributed by atoms with Crippen molar-refractivity contribution in [1.82, 2.24) is 0 Å². The van der Waals surface area contributed by atoms with E-state index in [1.165, 1.54) is 21.3 Å². The summed E-state index contributed by atoms with van der Waals surface area (Å²) in [4.78, 5) is 2.72. The predicted octanol–water partition coefficient (Wildman–Crippen LogP) is 7.88. The van der Waals surface area contributed by atoms with Crippen LogP contribution in [0.5, 0.6) is 0 Å². The van der Waals surface area contributed by atoms with Gasteiger partial charge in [0, 0.05) is 54.8 Å². The van der Waals surface area contributed by atoms with Crippen molar-refractivity contribution in [2.24, 2.45) is 0 Å². The lowest BCUT2D eigenvalue weighted by Crippen LogP contribution is -2.15. The Morgan fingerprint density at radius 3 is 1.41 bits per heavy atom. The Hall–Kier alpha value is -0.330. The van der Waals surface area contributed by atoms with Crippen LogP contribution in [-0.4, -0.2) is 45.0 Å². The smallest absolute Gasteiger partial charge is 0.0235 e. The van der Waals surface area contributed by atoms with Crippen molar-refractivity contribution < 1.29 is 0 Å². The zero-order valence-corrected chi connectivity index (χ0v) is 20.9. The van der Waals surface area contributed by atoms with Crippen molar-refractivity contribution in [2.45, 2.75) is 20.3 Å². The van der Waals surface area contributed by atoms with Crippen LogP contribution in [0, 0.1) is 0 Å². The number of hydrogen-bond donors (Lipinski definition) is 0. The molecule has 2 rings (SSSR count). The van der Waals surface area contributed by atoms with E-state index in [4.69, 9.17) is 0 Å². The summed E-state index contributed by atoms with van der Waals surface area (Å²) in [6.07, 6.45) is 4.05. The van der Waals surface area contributed by atoms with Crippen LogP contribution in [0.25, 0.3) is 0 Å². The van der Waals surface area contributed by atoms with E-state index in [0.29, 0.717) is 10.5 Å². The number of hydrogen-bond acceptors (Lipinski definition) is 5. The summed E-state index contributed by atoms with van der Waals surface area (Å²) in [6, 6.07) is 21.5. The Labute approximate surface area is 198 Å². The molecule has 2 aromatic rings. The first kappa shape index (κ1) is 24.9. The van der Waals surface area contributed by atoms with Gasteiger partial charge in [-0.05, 0) is 24.3 Å². The zero-order valence-electron chi connectivity index (χ0n) is 16.8. The molecule has 0 bridgehead atoms. The van der Waals surface area contributed by atoms with E-state index in [-0.39, 0.29) is 0 Å². The highest BCUT2D eigenvalue weighted by atomic mass is 32.2. The van der Waals surface area contributed by atoms with Gasteiger partial charge in [-0.1, -0.05) is 48.6 Å². The average Bonchev–Trinajstić information content (AvgIpc) is 2.78. The van der Waals surface area contributed by atoms with E-state index >= 15 is 0 Å². The fraction of sp³-hybridized carbons (Fsp3) is 0.333. The molecule has 0 saturated heterocycles. The molecule has 0 saturated carbocycles. The first-order chi connectivity index (χ1) is 14.3. The van der Waals surface area contributed by atoms with Crippen LogP contribution in [0.15, 0.2) is 95.8 Å². The van der Waals surface area contributed by atoms with E-state index in [1.54, 1.807) is 0 Å². The van der Waals surface area contributed by atoms with Gasteiger partial charge in [0.05, 0.1) is 0 Å². The zero-order chi connectivity index (χ0) is 20.6. The lowest BCUT2D eigenvalue weighted by molar-refractivity contribution is 1.11. The van der Waals surface area contributed by atoms with E-state index in [0.717, 1.165) is 23.0 Å². The molecule has 0 fully saturated rings. The third-order valence-corrected chi connectivity index (χ3v) is 10.8. The standard InChI is InChI=1S/C24H30S5/c1-3-15-26-23(19-28-21-11-7-5-8-12-21)17-25-18-24(27-16-4-2)20-29-22-13-9-6-10-14-22/h3-14,23-24H,1-2,15-20H2. The van der Waals surface area contributed by atoms with Crippen molar-refractivity contribution >= 4 is 58.8 Å². The summed E-state index contributed by atoms with van der Waals surface area (Å²) in [6.45, 7) is 7.79. The molecule has 29 heavy (non-hydrogen) atoms. The van der Waals surface area contributed by atoms with Gasteiger partial charge in [0.1, 0.15) is 0 Å². The minimum Gasteiger partial charge on any atom is -0.160 e. The highest BCUT2D eigenvalue weighted by Gasteiger charge is 2.14. The predicted molar refractivity (Wildman–Crippen MR) is 145 cm³/mol. The van der Waals surface area contributed by atoms with Gasteiger partial charge in [-0.15, -0.1) is 36.7 Å². The molecule has 2 unspecified atom stereocenters. The molecule has 2 aromatic carbocycles. The average molecular weight is 479 g/mol. The van der Waals surface area contributed by atoms with Crippen LogP contribution in [0.3, 0.4) is 0 Å². The van der Waals surface area contributed by atoms with Crippen molar-refractivity contribution in [3.63, 3.8) is 0 Å². The number of benzene rings is 2. The molecule has 5 heteroatoms. The van der Waals surface area contributed by atoms with E-state index < -0.39 is 0 Å². The van der Waals surface area contributed by atoms with Crippen LogP contribution in [0.1, 0.15) is 0 Å². The second kappa shape index (κ2) is 16.4. The first-order valence-corrected chi connectivity index (χ1v) is 14.9. The third-order valence-electron chi connectivity index (χ3n) is 3.87. The van der Waals surface area contributed by atoms with Crippen LogP contribution < -0.4 is 0 Å². The molecule has 156 valence electrons. The van der Waals surface area contributed by atoms with Gasteiger partial charge in [-0.3, -0.25) is 0 Å². The molecular weight excluding hydrogens is 449 g/mol. The highest BCUT2D eigenvalue weighted by Crippen LogP contribution is 2.29. The Kier molecular flexibility index (Phi) is 14.1. The molecule has 0 spiro atoms. The van der Waals surface area contributed by atoms with Gasteiger partial charge < -0.3 is 0 Å². The summed E-state index contributed by atoms with van der Waals surface area (Å²) < 4.78 is 0. The molecule has 0 aromatic heterocycles. The Morgan fingerprint density at radius 2 is 1.03 bits per heavy atom. The Morgan fingerprint density at radius 1 is 0.621 bits per heavy atom. The molecule has 0 amide bonds. The summed E-state index contributed by atoms with van der Waals surface area (Å²) in [5.74, 6) is 6.74. The van der Waals surface area contributed by atoms with Gasteiger partial charge in [-0.25, -0.2) is 0 Å². The molecule has 0 heterocycles. The highest BCUT2D eigenvalue weighted by molar-refractivity contribution is 8.07. The van der Waals surface area contributed by atoms with Crippen molar-refractivity contribution in [2.75, 3.05) is 34.5 Å². The van der Waals surface area contributed by atoms with Gasteiger partial charge in [0.15, 0.2) is 0 Å². The van der Waals surface area contributed by atoms with Gasteiger partial charge in [0.25, 0.3) is 0 Å². The molecule has 0 aliphatic rings. The van der Waals surface area contributed by atoms with Crippen LogP contribution in [0.2, 0.25) is 0 Å². The third kappa shape index (κ3) is 11.6. The molecule has 0 radical (unpaired) electrons.